The highest BCUT2D eigenvalue weighted by Gasteiger charge is 2.09. The van der Waals surface area contributed by atoms with Gasteiger partial charge in [-0.05, 0) is 42.2 Å². The lowest BCUT2D eigenvalue weighted by molar-refractivity contribution is -0.384. The first kappa shape index (κ1) is 20.6. The Labute approximate surface area is 139 Å². The molecule has 0 saturated carbocycles. The summed E-state index contributed by atoms with van der Waals surface area (Å²) in [5, 5.41) is 10.8. The third-order valence-corrected chi connectivity index (χ3v) is 3.10. The lowest BCUT2D eigenvalue weighted by atomic mass is 10.00. The molecule has 0 aromatic heterocycles. The van der Waals surface area contributed by atoms with E-state index in [0.29, 0.717) is 6.42 Å². The van der Waals surface area contributed by atoms with E-state index in [1.54, 1.807) is 19.2 Å². The van der Waals surface area contributed by atoms with Crippen molar-refractivity contribution in [2.45, 2.75) is 41.0 Å². The Balaban J connectivity index is 0.00000112. The van der Waals surface area contributed by atoms with E-state index in [-0.39, 0.29) is 10.6 Å². The fourth-order valence-electron chi connectivity index (χ4n) is 1.93. The largest absolute Gasteiger partial charge is 0.497 e. The van der Waals surface area contributed by atoms with Crippen molar-refractivity contribution >= 4 is 5.69 Å². The molecule has 0 atom stereocenters. The molecule has 0 bridgehead atoms. The molecule has 0 aliphatic rings. The molecule has 0 fully saturated rings. The predicted octanol–water partition coefficient (Wildman–Crippen LogP) is 5.56. The third kappa shape index (κ3) is 6.51. The number of aryl methyl sites for hydroxylation is 1. The van der Waals surface area contributed by atoms with Crippen LogP contribution in [0.5, 0.6) is 5.75 Å². The lowest BCUT2D eigenvalue weighted by Gasteiger charge is -2.07. The SMILES string of the molecule is CC.CC.COc1ccc(Cc2cc([N+](=O)[O-])ccc2C)cc1. The van der Waals surface area contributed by atoms with Gasteiger partial charge in [0, 0.05) is 12.1 Å². The fraction of sp³-hybridized carbons (Fsp3) is 0.368. The second-order valence-electron chi connectivity index (χ2n) is 4.39. The third-order valence-electron chi connectivity index (χ3n) is 3.10. The highest BCUT2D eigenvalue weighted by atomic mass is 16.6. The Bertz CT molecular complexity index is 592. The van der Waals surface area contributed by atoms with E-state index >= 15 is 0 Å². The van der Waals surface area contributed by atoms with Crippen molar-refractivity contribution in [2.24, 2.45) is 0 Å². The molecule has 0 amide bonds. The molecule has 0 heterocycles. The maximum atomic E-state index is 10.8. The van der Waals surface area contributed by atoms with Crippen molar-refractivity contribution in [1.29, 1.82) is 0 Å². The summed E-state index contributed by atoms with van der Waals surface area (Å²) < 4.78 is 5.10. The Morgan fingerprint density at radius 1 is 1.00 bits per heavy atom. The van der Waals surface area contributed by atoms with Gasteiger partial charge in [0.25, 0.3) is 5.69 Å². The molecule has 4 nitrogen and oxygen atoms in total. The minimum Gasteiger partial charge on any atom is -0.497 e. The molecule has 0 N–H and O–H groups in total. The van der Waals surface area contributed by atoms with Crippen LogP contribution in [0.3, 0.4) is 0 Å². The van der Waals surface area contributed by atoms with Gasteiger partial charge in [0.15, 0.2) is 0 Å². The second kappa shape index (κ2) is 11.2. The monoisotopic (exact) mass is 317 g/mol. The topological polar surface area (TPSA) is 52.4 Å². The second-order valence-corrected chi connectivity index (χ2v) is 4.39. The summed E-state index contributed by atoms with van der Waals surface area (Å²) in [5.74, 6) is 0.805. The van der Waals surface area contributed by atoms with Crippen LogP contribution in [0.25, 0.3) is 0 Å². The van der Waals surface area contributed by atoms with Crippen LogP contribution in [0.15, 0.2) is 42.5 Å². The number of methoxy groups -OCH3 is 1. The van der Waals surface area contributed by atoms with Gasteiger partial charge in [-0.25, -0.2) is 0 Å². The molecule has 0 aliphatic heterocycles. The number of rotatable bonds is 4. The van der Waals surface area contributed by atoms with Crippen molar-refractivity contribution in [3.8, 4) is 5.75 Å². The van der Waals surface area contributed by atoms with E-state index in [1.807, 2.05) is 58.9 Å². The van der Waals surface area contributed by atoms with Gasteiger partial charge in [-0.3, -0.25) is 10.1 Å². The van der Waals surface area contributed by atoms with E-state index in [1.165, 1.54) is 6.07 Å². The van der Waals surface area contributed by atoms with E-state index in [9.17, 15) is 10.1 Å². The zero-order valence-corrected chi connectivity index (χ0v) is 14.9. The van der Waals surface area contributed by atoms with Gasteiger partial charge >= 0.3 is 0 Å². The van der Waals surface area contributed by atoms with Gasteiger partial charge in [-0.1, -0.05) is 45.9 Å². The normalized spacial score (nSPS) is 8.96. The van der Waals surface area contributed by atoms with E-state index in [2.05, 4.69) is 0 Å². The number of hydrogen-bond donors (Lipinski definition) is 0. The van der Waals surface area contributed by atoms with Crippen LogP contribution in [0.2, 0.25) is 0 Å². The molecule has 0 aliphatic carbocycles. The Morgan fingerprint density at radius 2 is 1.57 bits per heavy atom. The quantitative estimate of drug-likeness (QED) is 0.548. The van der Waals surface area contributed by atoms with Crippen molar-refractivity contribution in [1.82, 2.24) is 0 Å². The number of nitro benzene ring substituents is 1. The fourth-order valence-corrected chi connectivity index (χ4v) is 1.93. The average Bonchev–Trinajstić information content (AvgIpc) is 2.61. The minimum atomic E-state index is -0.364. The van der Waals surface area contributed by atoms with Crippen molar-refractivity contribution in [2.75, 3.05) is 7.11 Å². The number of nitrogens with zero attached hydrogens (tertiary/aromatic N) is 1. The number of non-ortho nitro benzene ring substituents is 1. The van der Waals surface area contributed by atoms with Crippen molar-refractivity contribution in [3.05, 3.63) is 69.3 Å². The van der Waals surface area contributed by atoms with Crippen molar-refractivity contribution < 1.29 is 9.66 Å². The number of benzene rings is 2. The summed E-state index contributed by atoms with van der Waals surface area (Å²) in [6.07, 6.45) is 0.678. The molecule has 2 rings (SSSR count). The molecular weight excluding hydrogens is 290 g/mol. The zero-order valence-electron chi connectivity index (χ0n) is 14.9. The maximum absolute atomic E-state index is 10.8. The van der Waals surface area contributed by atoms with Crippen molar-refractivity contribution in [3.63, 3.8) is 0 Å². The van der Waals surface area contributed by atoms with Gasteiger partial charge in [-0.15, -0.1) is 0 Å². The first-order valence-corrected chi connectivity index (χ1v) is 7.97. The van der Waals surface area contributed by atoms with Crippen LogP contribution in [-0.4, -0.2) is 12.0 Å². The number of nitro groups is 1. The van der Waals surface area contributed by atoms with Gasteiger partial charge in [-0.2, -0.15) is 0 Å². The summed E-state index contributed by atoms with van der Waals surface area (Å²) in [5.41, 5.74) is 3.26. The Hall–Kier alpha value is -2.36. The number of hydrogen-bond acceptors (Lipinski definition) is 3. The number of ether oxygens (including phenoxy) is 1. The highest BCUT2D eigenvalue weighted by Crippen LogP contribution is 2.21. The highest BCUT2D eigenvalue weighted by molar-refractivity contribution is 5.42. The summed E-state index contributed by atoms with van der Waals surface area (Å²) in [7, 11) is 1.62. The Kier molecular flexibility index (Phi) is 10.1. The molecule has 126 valence electrons. The average molecular weight is 317 g/mol. The van der Waals surface area contributed by atoms with Crippen LogP contribution in [0, 0.1) is 17.0 Å². The standard InChI is InChI=1S/C15H15NO3.2C2H6/c1-11-3-6-14(16(17)18)10-13(11)9-12-4-7-15(19-2)8-5-12;2*1-2/h3-8,10H,9H2,1-2H3;2*1-2H3. The first-order chi connectivity index (χ1) is 11.1. The van der Waals surface area contributed by atoms with Crippen LogP contribution < -0.4 is 4.74 Å². The van der Waals surface area contributed by atoms with Crippen LogP contribution in [0.4, 0.5) is 5.69 Å². The summed E-state index contributed by atoms with van der Waals surface area (Å²) in [6, 6.07) is 12.7. The lowest BCUT2D eigenvalue weighted by Crippen LogP contribution is -1.95. The molecule has 0 spiro atoms. The first-order valence-electron chi connectivity index (χ1n) is 7.97. The van der Waals surface area contributed by atoms with Crippen LogP contribution in [0.1, 0.15) is 44.4 Å². The maximum Gasteiger partial charge on any atom is 0.269 e. The molecule has 0 saturated heterocycles. The van der Waals surface area contributed by atoms with E-state index < -0.39 is 0 Å². The molecular formula is C19H27NO3. The van der Waals surface area contributed by atoms with E-state index in [0.717, 1.165) is 22.4 Å². The summed E-state index contributed by atoms with van der Waals surface area (Å²) in [4.78, 5) is 10.4. The molecule has 0 unspecified atom stereocenters. The molecule has 2 aromatic carbocycles. The van der Waals surface area contributed by atoms with Gasteiger partial charge < -0.3 is 4.74 Å². The van der Waals surface area contributed by atoms with Gasteiger partial charge in [0.2, 0.25) is 0 Å². The summed E-state index contributed by atoms with van der Waals surface area (Å²) >= 11 is 0. The van der Waals surface area contributed by atoms with Gasteiger partial charge in [0.05, 0.1) is 12.0 Å². The zero-order chi connectivity index (χ0) is 17.8. The van der Waals surface area contributed by atoms with Crippen LogP contribution in [-0.2, 0) is 6.42 Å². The molecule has 2 aromatic rings. The molecule has 4 heteroatoms. The van der Waals surface area contributed by atoms with Gasteiger partial charge in [0.1, 0.15) is 5.75 Å². The smallest absolute Gasteiger partial charge is 0.269 e. The minimum absolute atomic E-state index is 0.133. The summed E-state index contributed by atoms with van der Waals surface area (Å²) in [6.45, 7) is 9.96. The van der Waals surface area contributed by atoms with Crippen LogP contribution >= 0.6 is 0 Å². The van der Waals surface area contributed by atoms with E-state index in [4.69, 9.17) is 4.74 Å². The molecule has 0 radical (unpaired) electrons. The Morgan fingerprint density at radius 3 is 2.04 bits per heavy atom. The molecule has 23 heavy (non-hydrogen) atoms. The predicted molar refractivity (Wildman–Crippen MR) is 96.3 cm³/mol.